The third kappa shape index (κ3) is 5.31. The Morgan fingerprint density at radius 2 is 1.94 bits per heavy atom. The fourth-order valence-corrected chi connectivity index (χ4v) is 2.06. The van der Waals surface area contributed by atoms with E-state index in [1.807, 2.05) is 0 Å². The lowest BCUT2D eigenvalue weighted by Crippen LogP contribution is -2.43. The molecule has 2 heteroatoms. The number of hydrogen-bond acceptors (Lipinski definition) is 2. The van der Waals surface area contributed by atoms with Crippen LogP contribution in [-0.2, 0) is 0 Å². The molecule has 2 atom stereocenters. The Balaban J connectivity index is 2.24. The number of rotatable bonds is 9. The van der Waals surface area contributed by atoms with Gasteiger partial charge in [-0.05, 0) is 52.0 Å². The van der Waals surface area contributed by atoms with Crippen molar-refractivity contribution in [3.63, 3.8) is 0 Å². The average molecular weight is 226 g/mol. The fourth-order valence-electron chi connectivity index (χ4n) is 2.06. The summed E-state index contributed by atoms with van der Waals surface area (Å²) in [6, 6.07) is 1.35. The molecule has 1 fully saturated rings. The zero-order chi connectivity index (χ0) is 12.0. The van der Waals surface area contributed by atoms with Crippen molar-refractivity contribution in [1.29, 1.82) is 0 Å². The summed E-state index contributed by atoms with van der Waals surface area (Å²) in [5.74, 6) is 1.01. The first kappa shape index (κ1) is 14.0. The van der Waals surface area contributed by atoms with Crippen molar-refractivity contribution in [3.05, 3.63) is 0 Å². The molecule has 96 valence electrons. The Labute approximate surface area is 102 Å². The summed E-state index contributed by atoms with van der Waals surface area (Å²) in [7, 11) is 0. The molecule has 1 N–H and O–H groups in total. The average Bonchev–Trinajstić information content (AvgIpc) is 3.08. The molecule has 1 aliphatic rings. The van der Waals surface area contributed by atoms with Gasteiger partial charge in [0.1, 0.15) is 0 Å². The molecule has 1 rings (SSSR count). The summed E-state index contributed by atoms with van der Waals surface area (Å²) in [4.78, 5) is 2.67. The van der Waals surface area contributed by atoms with Crippen LogP contribution >= 0.6 is 0 Å². The van der Waals surface area contributed by atoms with Gasteiger partial charge in [0.05, 0.1) is 0 Å². The third-order valence-electron chi connectivity index (χ3n) is 3.70. The number of nitrogens with zero attached hydrogens (tertiary/aromatic N) is 1. The van der Waals surface area contributed by atoms with Crippen LogP contribution in [0.25, 0.3) is 0 Å². The topological polar surface area (TPSA) is 15.3 Å². The molecule has 0 amide bonds. The van der Waals surface area contributed by atoms with Crippen molar-refractivity contribution in [2.75, 3.05) is 19.6 Å². The Kier molecular flexibility index (Phi) is 6.37. The zero-order valence-corrected chi connectivity index (χ0v) is 11.6. The molecule has 0 saturated heterocycles. The Hall–Kier alpha value is -0.0800. The van der Waals surface area contributed by atoms with E-state index in [-0.39, 0.29) is 0 Å². The van der Waals surface area contributed by atoms with Gasteiger partial charge in [-0.15, -0.1) is 0 Å². The maximum atomic E-state index is 3.62. The van der Waals surface area contributed by atoms with Crippen LogP contribution in [0.4, 0.5) is 0 Å². The molecular formula is C14H30N2. The Bertz CT molecular complexity index is 178. The molecule has 16 heavy (non-hydrogen) atoms. The van der Waals surface area contributed by atoms with E-state index in [4.69, 9.17) is 0 Å². The van der Waals surface area contributed by atoms with E-state index in [0.29, 0.717) is 12.1 Å². The van der Waals surface area contributed by atoms with E-state index in [1.54, 1.807) is 0 Å². The molecular weight excluding hydrogens is 196 g/mol. The maximum absolute atomic E-state index is 3.62. The Morgan fingerprint density at radius 3 is 2.44 bits per heavy atom. The second-order valence-electron chi connectivity index (χ2n) is 5.50. The number of hydrogen-bond donors (Lipinski definition) is 1. The summed E-state index contributed by atoms with van der Waals surface area (Å²) in [5, 5.41) is 3.62. The van der Waals surface area contributed by atoms with E-state index in [0.717, 1.165) is 12.5 Å². The highest BCUT2D eigenvalue weighted by Crippen LogP contribution is 2.30. The standard InChI is InChI=1S/C14H30N2/c1-5-9-16(11-14-7-8-14)13(4)10-15-12(3)6-2/h12-15H,5-11H2,1-4H3. The van der Waals surface area contributed by atoms with Crippen molar-refractivity contribution >= 4 is 0 Å². The molecule has 1 saturated carbocycles. The predicted molar refractivity (Wildman–Crippen MR) is 71.8 cm³/mol. The molecule has 0 aromatic carbocycles. The van der Waals surface area contributed by atoms with Crippen LogP contribution in [-0.4, -0.2) is 36.6 Å². The van der Waals surface area contributed by atoms with E-state index in [9.17, 15) is 0 Å². The predicted octanol–water partition coefficient (Wildman–Crippen LogP) is 2.89. The molecule has 0 radical (unpaired) electrons. The van der Waals surface area contributed by atoms with Crippen molar-refractivity contribution in [3.8, 4) is 0 Å². The summed E-state index contributed by atoms with van der Waals surface area (Å²) in [6.07, 6.45) is 5.43. The minimum absolute atomic E-state index is 0.659. The van der Waals surface area contributed by atoms with Crippen LogP contribution < -0.4 is 5.32 Å². The van der Waals surface area contributed by atoms with Gasteiger partial charge in [-0.25, -0.2) is 0 Å². The molecule has 0 spiro atoms. The van der Waals surface area contributed by atoms with E-state index < -0.39 is 0 Å². The third-order valence-corrected chi connectivity index (χ3v) is 3.70. The lowest BCUT2D eigenvalue weighted by molar-refractivity contribution is 0.193. The fraction of sp³-hybridized carbons (Fsp3) is 1.00. The summed E-state index contributed by atoms with van der Waals surface area (Å²) >= 11 is 0. The highest BCUT2D eigenvalue weighted by molar-refractivity contribution is 4.80. The van der Waals surface area contributed by atoms with Crippen molar-refractivity contribution in [2.45, 2.75) is 65.5 Å². The molecule has 0 bridgehead atoms. The van der Waals surface area contributed by atoms with Gasteiger partial charge in [0, 0.05) is 25.2 Å². The quantitative estimate of drug-likeness (QED) is 0.650. The molecule has 0 aromatic heterocycles. The second-order valence-corrected chi connectivity index (χ2v) is 5.50. The molecule has 1 aliphatic carbocycles. The van der Waals surface area contributed by atoms with Crippen LogP contribution in [0.3, 0.4) is 0 Å². The van der Waals surface area contributed by atoms with Gasteiger partial charge in [-0.2, -0.15) is 0 Å². The molecule has 0 heterocycles. The lowest BCUT2D eigenvalue weighted by atomic mass is 10.2. The summed E-state index contributed by atoms with van der Waals surface area (Å²) in [6.45, 7) is 12.9. The normalized spacial score (nSPS) is 20.1. The lowest BCUT2D eigenvalue weighted by Gasteiger charge is -2.30. The van der Waals surface area contributed by atoms with Gasteiger partial charge < -0.3 is 5.32 Å². The van der Waals surface area contributed by atoms with Crippen LogP contribution in [0.2, 0.25) is 0 Å². The van der Waals surface area contributed by atoms with Crippen LogP contribution in [0.15, 0.2) is 0 Å². The maximum Gasteiger partial charge on any atom is 0.0192 e. The van der Waals surface area contributed by atoms with Gasteiger partial charge in [0.2, 0.25) is 0 Å². The highest BCUT2D eigenvalue weighted by atomic mass is 15.2. The zero-order valence-electron chi connectivity index (χ0n) is 11.6. The first-order valence-electron chi connectivity index (χ1n) is 7.14. The first-order chi connectivity index (χ1) is 7.67. The van der Waals surface area contributed by atoms with Gasteiger partial charge in [-0.1, -0.05) is 13.8 Å². The van der Waals surface area contributed by atoms with Crippen molar-refractivity contribution in [2.24, 2.45) is 5.92 Å². The molecule has 2 nitrogen and oxygen atoms in total. The van der Waals surface area contributed by atoms with Gasteiger partial charge in [0.15, 0.2) is 0 Å². The second kappa shape index (κ2) is 7.29. The minimum Gasteiger partial charge on any atom is -0.313 e. The van der Waals surface area contributed by atoms with Crippen LogP contribution in [0, 0.1) is 5.92 Å². The van der Waals surface area contributed by atoms with E-state index in [2.05, 4.69) is 37.9 Å². The van der Waals surface area contributed by atoms with Gasteiger partial charge in [0.25, 0.3) is 0 Å². The van der Waals surface area contributed by atoms with Gasteiger partial charge >= 0.3 is 0 Å². The molecule has 0 aromatic rings. The van der Waals surface area contributed by atoms with E-state index in [1.165, 1.54) is 38.8 Å². The SMILES string of the molecule is CCCN(CC1CC1)C(C)CNC(C)CC. The molecule has 0 aliphatic heterocycles. The largest absolute Gasteiger partial charge is 0.313 e. The Morgan fingerprint density at radius 1 is 1.25 bits per heavy atom. The summed E-state index contributed by atoms with van der Waals surface area (Å²) in [5.41, 5.74) is 0. The monoisotopic (exact) mass is 226 g/mol. The molecule has 2 unspecified atom stereocenters. The minimum atomic E-state index is 0.659. The van der Waals surface area contributed by atoms with Crippen LogP contribution in [0.5, 0.6) is 0 Å². The smallest absolute Gasteiger partial charge is 0.0192 e. The van der Waals surface area contributed by atoms with Crippen LogP contribution in [0.1, 0.15) is 53.4 Å². The summed E-state index contributed by atoms with van der Waals surface area (Å²) < 4.78 is 0. The van der Waals surface area contributed by atoms with E-state index >= 15 is 0 Å². The number of nitrogens with one attached hydrogen (secondary N) is 1. The van der Waals surface area contributed by atoms with Crippen molar-refractivity contribution in [1.82, 2.24) is 10.2 Å². The first-order valence-corrected chi connectivity index (χ1v) is 7.14. The van der Waals surface area contributed by atoms with Gasteiger partial charge in [-0.3, -0.25) is 4.90 Å². The highest BCUT2D eigenvalue weighted by Gasteiger charge is 2.26. The van der Waals surface area contributed by atoms with Crippen molar-refractivity contribution < 1.29 is 0 Å².